The molecule has 1 unspecified atom stereocenters. The molecule has 0 spiro atoms. The van der Waals surface area contributed by atoms with Crippen LogP contribution in [-0.2, 0) is 9.59 Å². The Morgan fingerprint density at radius 3 is 2.29 bits per heavy atom. The second kappa shape index (κ2) is 9.99. The monoisotopic (exact) mass is 456 g/mol. The molecule has 7 nitrogen and oxygen atoms in total. The molecule has 2 atom stereocenters. The molecule has 0 saturated carbocycles. The number of ketones is 1. The summed E-state index contributed by atoms with van der Waals surface area (Å²) in [4.78, 5) is 33.1. The predicted octanol–water partition coefficient (Wildman–Crippen LogP) is 2.91. The molecule has 0 aliphatic carbocycles. The van der Waals surface area contributed by atoms with Gasteiger partial charge in [0.1, 0.15) is 5.75 Å². The van der Waals surface area contributed by atoms with Crippen molar-refractivity contribution in [1.82, 2.24) is 0 Å². The van der Waals surface area contributed by atoms with E-state index in [1.54, 1.807) is 0 Å². The number of ether oxygens (including phenoxy) is 1. The van der Waals surface area contributed by atoms with Crippen molar-refractivity contribution in [3.63, 3.8) is 0 Å². The minimum atomic E-state index is -2.14. The van der Waals surface area contributed by atoms with E-state index in [2.05, 4.69) is 4.99 Å². The molecule has 0 bridgehead atoms. The Bertz CT molecular complexity index is 1190. The van der Waals surface area contributed by atoms with Crippen molar-refractivity contribution in [2.24, 2.45) is 16.5 Å². The molecule has 0 radical (unpaired) electrons. The maximum absolute atomic E-state index is 13.8. The van der Waals surface area contributed by atoms with Crippen LogP contribution in [0.25, 0.3) is 0 Å². The lowest BCUT2D eigenvalue weighted by Gasteiger charge is -2.30. The van der Waals surface area contributed by atoms with Crippen LogP contribution in [0.15, 0.2) is 89.9 Å². The molecule has 4 rings (SSSR count). The average Bonchev–Trinajstić information content (AvgIpc) is 2.96. The van der Waals surface area contributed by atoms with E-state index in [1.165, 1.54) is 11.8 Å². The summed E-state index contributed by atoms with van der Waals surface area (Å²) in [7, 11) is 0. The van der Waals surface area contributed by atoms with E-state index >= 15 is 0 Å². The van der Waals surface area contributed by atoms with Crippen molar-refractivity contribution >= 4 is 23.1 Å². The molecule has 0 aromatic heterocycles. The molecule has 1 heterocycles. The summed E-state index contributed by atoms with van der Waals surface area (Å²) in [6, 6.07) is 25.3. The lowest BCUT2D eigenvalue weighted by Crippen LogP contribution is -2.63. The maximum Gasteiger partial charge on any atom is 0.277 e. The Hall–Kier alpha value is -3.81. The lowest BCUT2D eigenvalue weighted by molar-refractivity contribution is -0.134. The third-order valence-corrected chi connectivity index (χ3v) is 5.68. The number of Topliss-reactive ketones (excluding diaryl/α,β-unsaturated/α-hetero) is 1. The van der Waals surface area contributed by atoms with Gasteiger partial charge in [-0.2, -0.15) is 0 Å². The molecule has 34 heavy (non-hydrogen) atoms. The van der Waals surface area contributed by atoms with Crippen LogP contribution in [0.1, 0.15) is 24.5 Å². The van der Waals surface area contributed by atoms with E-state index < -0.39 is 23.4 Å². The van der Waals surface area contributed by atoms with Crippen LogP contribution in [0.4, 0.5) is 5.69 Å². The smallest absolute Gasteiger partial charge is 0.277 e. The highest BCUT2D eigenvalue weighted by Crippen LogP contribution is 2.31. The number of benzodiazepines with no additional fused rings is 1. The zero-order valence-corrected chi connectivity index (χ0v) is 19.1. The van der Waals surface area contributed by atoms with Gasteiger partial charge in [-0.1, -0.05) is 66.7 Å². The topological polar surface area (TPSA) is 111 Å². The normalized spacial score (nSPS) is 18.5. The molecular formula is C27H28N4O3. The van der Waals surface area contributed by atoms with E-state index in [0.717, 1.165) is 16.9 Å². The van der Waals surface area contributed by atoms with Gasteiger partial charge >= 0.3 is 0 Å². The van der Waals surface area contributed by atoms with E-state index in [9.17, 15) is 9.59 Å². The first-order valence-corrected chi connectivity index (χ1v) is 11.2. The Kier molecular flexibility index (Phi) is 6.86. The first-order chi connectivity index (χ1) is 16.4. The van der Waals surface area contributed by atoms with Crippen LogP contribution >= 0.6 is 0 Å². The fourth-order valence-corrected chi connectivity index (χ4v) is 3.98. The summed E-state index contributed by atoms with van der Waals surface area (Å²) in [6.45, 7) is 2.20. The zero-order valence-electron chi connectivity index (χ0n) is 19.1. The molecule has 0 saturated heterocycles. The molecule has 7 heteroatoms. The van der Waals surface area contributed by atoms with Gasteiger partial charge in [0.25, 0.3) is 5.91 Å². The summed E-state index contributed by atoms with van der Waals surface area (Å²) in [5, 5.41) is 0. The van der Waals surface area contributed by atoms with Crippen LogP contribution in [0.3, 0.4) is 0 Å². The second-order valence-electron chi connectivity index (χ2n) is 8.23. The number of hydrogen-bond acceptors (Lipinski definition) is 6. The molecule has 174 valence electrons. The van der Waals surface area contributed by atoms with Crippen LogP contribution in [-0.4, -0.2) is 42.3 Å². The van der Waals surface area contributed by atoms with Gasteiger partial charge in [0, 0.05) is 17.7 Å². The van der Waals surface area contributed by atoms with Crippen LogP contribution < -0.4 is 21.1 Å². The van der Waals surface area contributed by atoms with Crippen molar-refractivity contribution in [3.05, 3.63) is 96.1 Å². The van der Waals surface area contributed by atoms with Crippen molar-refractivity contribution < 1.29 is 14.3 Å². The van der Waals surface area contributed by atoms with Crippen molar-refractivity contribution in [1.29, 1.82) is 0 Å². The summed E-state index contributed by atoms with van der Waals surface area (Å²) < 4.78 is 5.79. The molecule has 0 fully saturated rings. The van der Waals surface area contributed by atoms with Gasteiger partial charge in [-0.15, -0.1) is 0 Å². The number of benzene rings is 3. The zero-order chi connectivity index (χ0) is 24.1. The van der Waals surface area contributed by atoms with Crippen molar-refractivity contribution in [3.8, 4) is 5.75 Å². The number of carbonyl (C=O) groups is 2. The Balaban J connectivity index is 1.72. The number of hydrogen-bond donors (Lipinski definition) is 2. The summed E-state index contributed by atoms with van der Waals surface area (Å²) in [6.07, 6.45) is 0.526. The predicted molar refractivity (Wildman–Crippen MR) is 133 cm³/mol. The Morgan fingerprint density at radius 1 is 1.00 bits per heavy atom. The number of amides is 1. The molecule has 3 aromatic carbocycles. The fraction of sp³-hybridized carbons (Fsp3) is 0.222. The molecule has 3 aromatic rings. The van der Waals surface area contributed by atoms with E-state index in [1.807, 2.05) is 84.9 Å². The first-order valence-electron chi connectivity index (χ1n) is 11.2. The highest BCUT2D eigenvalue weighted by atomic mass is 16.5. The van der Waals surface area contributed by atoms with Gasteiger partial charge in [0.15, 0.2) is 0 Å². The number of nitrogens with two attached hydrogens (primary N) is 2. The first kappa shape index (κ1) is 23.4. The quantitative estimate of drug-likeness (QED) is 0.400. The summed E-state index contributed by atoms with van der Waals surface area (Å²) in [5.41, 5.74) is 12.8. The number of nitrogens with zero attached hydrogens (tertiary/aromatic N) is 2. The highest BCUT2D eigenvalue weighted by Gasteiger charge is 2.48. The van der Waals surface area contributed by atoms with E-state index in [-0.39, 0.29) is 0 Å². The van der Waals surface area contributed by atoms with Gasteiger partial charge < -0.3 is 15.4 Å². The van der Waals surface area contributed by atoms with Crippen molar-refractivity contribution in [2.75, 3.05) is 18.1 Å². The van der Waals surface area contributed by atoms with Gasteiger partial charge in [-0.3, -0.25) is 15.3 Å². The van der Waals surface area contributed by atoms with Gasteiger partial charge in [-0.05, 0) is 31.5 Å². The van der Waals surface area contributed by atoms with Crippen LogP contribution in [0.5, 0.6) is 5.75 Å². The number of para-hydroxylation sites is 2. The van der Waals surface area contributed by atoms with Gasteiger partial charge in [-0.25, -0.2) is 4.99 Å². The standard InChI is InChI=1S/C27H28N4O3/c1-19(28)25(32)27(29)26(33)31(17-10-18-34-21-13-6-3-7-14-21)23-16-9-8-15-22(23)24(30-27)20-11-4-2-5-12-20/h2-9,11-16,19H,10,17-18,28-29H2,1H3/t19-,27?/m0/s1. The summed E-state index contributed by atoms with van der Waals surface area (Å²) >= 11 is 0. The van der Waals surface area contributed by atoms with Crippen LogP contribution in [0, 0.1) is 0 Å². The molecule has 1 amide bonds. The minimum Gasteiger partial charge on any atom is -0.494 e. The number of anilines is 1. The number of rotatable bonds is 8. The van der Waals surface area contributed by atoms with E-state index in [4.69, 9.17) is 16.2 Å². The summed E-state index contributed by atoms with van der Waals surface area (Å²) in [5.74, 6) is -0.489. The number of fused-ring (bicyclic) bond motifs is 1. The molecule has 1 aliphatic heterocycles. The third kappa shape index (κ3) is 4.62. The number of aliphatic imine (C=N–C) groups is 1. The molecular weight excluding hydrogens is 428 g/mol. The molecule has 4 N–H and O–H groups in total. The Morgan fingerprint density at radius 2 is 1.62 bits per heavy atom. The molecule has 1 aliphatic rings. The Labute approximate surface area is 199 Å². The van der Waals surface area contributed by atoms with E-state index in [0.29, 0.717) is 31.0 Å². The fourth-order valence-electron chi connectivity index (χ4n) is 3.98. The SMILES string of the molecule is C[C@H](N)C(=O)C1(N)N=C(c2ccccc2)c2ccccc2N(CCCOc2ccccc2)C1=O. The van der Waals surface area contributed by atoms with Gasteiger partial charge in [0.2, 0.25) is 11.4 Å². The number of carbonyl (C=O) groups excluding carboxylic acids is 2. The maximum atomic E-state index is 13.8. The average molecular weight is 457 g/mol. The van der Waals surface area contributed by atoms with Gasteiger partial charge in [0.05, 0.1) is 24.0 Å². The third-order valence-electron chi connectivity index (χ3n) is 5.68. The largest absolute Gasteiger partial charge is 0.494 e. The highest BCUT2D eigenvalue weighted by molar-refractivity contribution is 6.26. The lowest BCUT2D eigenvalue weighted by atomic mass is 9.98. The second-order valence-corrected chi connectivity index (χ2v) is 8.23. The minimum absolute atomic E-state index is 0.297. The van der Waals surface area contributed by atoms with Crippen LogP contribution in [0.2, 0.25) is 0 Å². The van der Waals surface area contributed by atoms with Crippen molar-refractivity contribution in [2.45, 2.75) is 25.0 Å².